The molecule has 0 amide bonds. The van der Waals surface area contributed by atoms with Gasteiger partial charge in [-0.2, -0.15) is 0 Å². The van der Waals surface area contributed by atoms with Crippen LogP contribution < -0.4 is 5.32 Å². The van der Waals surface area contributed by atoms with Gasteiger partial charge in [-0.15, -0.1) is 0 Å². The maximum absolute atomic E-state index is 9.96. The molecule has 1 N–H and O–H groups in total. The standard InChI is InChI=1S/C9H17NO2.C7H8/c11-6-1-2-7-12-8-9-4-3-5-10-9;1-7-5-3-2-4-6-7/h6,9-10H,1-5,7-8H2;2-6H,1H3. The largest absolute Gasteiger partial charge is 0.380 e. The van der Waals surface area contributed by atoms with Crippen LogP contribution in [0.15, 0.2) is 30.3 Å². The highest BCUT2D eigenvalue weighted by atomic mass is 16.5. The number of aryl methyl sites for hydroxylation is 1. The zero-order valence-corrected chi connectivity index (χ0v) is 11.8. The molecule has 1 heterocycles. The summed E-state index contributed by atoms with van der Waals surface area (Å²) in [6, 6.07) is 10.8. The van der Waals surface area contributed by atoms with Crippen molar-refractivity contribution < 1.29 is 9.53 Å². The Morgan fingerprint density at radius 1 is 1.37 bits per heavy atom. The number of aldehydes is 1. The van der Waals surface area contributed by atoms with E-state index >= 15 is 0 Å². The average molecular weight is 263 g/mol. The Balaban J connectivity index is 0.000000218. The Bertz CT molecular complexity index is 321. The molecule has 1 saturated heterocycles. The van der Waals surface area contributed by atoms with Gasteiger partial charge in [0.05, 0.1) is 6.61 Å². The summed E-state index contributed by atoms with van der Waals surface area (Å²) in [6.07, 6.45) is 4.92. The van der Waals surface area contributed by atoms with Crippen LogP contribution in [-0.4, -0.2) is 32.1 Å². The third-order valence-electron chi connectivity index (χ3n) is 3.03. The topological polar surface area (TPSA) is 38.3 Å². The number of carbonyl (C=O) groups is 1. The molecule has 0 aromatic heterocycles. The highest BCUT2D eigenvalue weighted by molar-refractivity contribution is 5.48. The summed E-state index contributed by atoms with van der Waals surface area (Å²) >= 11 is 0. The number of rotatable bonds is 6. The SMILES string of the molecule is Cc1ccccc1.O=CCCCOCC1CCCN1. The fraction of sp³-hybridized carbons (Fsp3) is 0.562. The van der Waals surface area contributed by atoms with Gasteiger partial charge in [0, 0.05) is 19.1 Å². The number of ether oxygens (including phenoxy) is 1. The van der Waals surface area contributed by atoms with Gasteiger partial charge < -0.3 is 14.8 Å². The van der Waals surface area contributed by atoms with Gasteiger partial charge in [0.1, 0.15) is 6.29 Å². The molecule has 0 aliphatic carbocycles. The number of carbonyl (C=O) groups excluding carboxylic acids is 1. The molecule has 0 saturated carbocycles. The average Bonchev–Trinajstić information content (AvgIpc) is 2.93. The van der Waals surface area contributed by atoms with E-state index in [4.69, 9.17) is 4.74 Å². The third-order valence-corrected chi connectivity index (χ3v) is 3.03. The molecule has 1 aliphatic rings. The minimum absolute atomic E-state index is 0.557. The van der Waals surface area contributed by atoms with E-state index in [9.17, 15) is 4.79 Å². The van der Waals surface area contributed by atoms with Gasteiger partial charge in [0.15, 0.2) is 0 Å². The van der Waals surface area contributed by atoms with E-state index in [-0.39, 0.29) is 0 Å². The molecule has 1 atom stereocenters. The second-order valence-corrected chi connectivity index (χ2v) is 4.83. The Kier molecular flexibility index (Phi) is 8.94. The number of nitrogens with one attached hydrogen (secondary N) is 1. The molecular formula is C16H25NO2. The molecule has 3 nitrogen and oxygen atoms in total. The van der Waals surface area contributed by atoms with E-state index in [1.165, 1.54) is 18.4 Å². The van der Waals surface area contributed by atoms with Crippen molar-refractivity contribution in [1.29, 1.82) is 0 Å². The highest BCUT2D eigenvalue weighted by Crippen LogP contribution is 2.04. The molecule has 19 heavy (non-hydrogen) atoms. The van der Waals surface area contributed by atoms with E-state index in [2.05, 4.69) is 24.4 Å². The zero-order valence-electron chi connectivity index (χ0n) is 11.8. The van der Waals surface area contributed by atoms with Crippen LogP contribution in [0.25, 0.3) is 0 Å². The first-order chi connectivity index (χ1) is 9.33. The zero-order chi connectivity index (χ0) is 13.8. The molecular weight excluding hydrogens is 238 g/mol. The fourth-order valence-electron chi connectivity index (χ4n) is 1.93. The molecule has 1 aliphatic heterocycles. The van der Waals surface area contributed by atoms with Crippen LogP contribution in [-0.2, 0) is 9.53 Å². The second kappa shape index (κ2) is 10.7. The van der Waals surface area contributed by atoms with Crippen molar-refractivity contribution in [1.82, 2.24) is 5.32 Å². The molecule has 2 rings (SSSR count). The summed E-state index contributed by atoms with van der Waals surface area (Å²) < 4.78 is 5.40. The van der Waals surface area contributed by atoms with Crippen molar-refractivity contribution >= 4 is 6.29 Å². The van der Waals surface area contributed by atoms with Gasteiger partial charge in [0.25, 0.3) is 0 Å². The summed E-state index contributed by atoms with van der Waals surface area (Å²) in [6.45, 7) is 4.73. The summed E-state index contributed by atoms with van der Waals surface area (Å²) in [5.74, 6) is 0. The lowest BCUT2D eigenvalue weighted by Gasteiger charge is -2.09. The molecule has 3 heteroatoms. The first kappa shape index (κ1) is 15.9. The molecule has 0 spiro atoms. The summed E-state index contributed by atoms with van der Waals surface area (Å²) in [7, 11) is 0. The van der Waals surface area contributed by atoms with Crippen LogP contribution in [0.3, 0.4) is 0 Å². The van der Waals surface area contributed by atoms with Crippen molar-refractivity contribution in [3.8, 4) is 0 Å². The summed E-state index contributed by atoms with van der Waals surface area (Å²) in [4.78, 5) is 9.96. The molecule has 1 aromatic carbocycles. The van der Waals surface area contributed by atoms with Gasteiger partial charge in [-0.3, -0.25) is 0 Å². The van der Waals surface area contributed by atoms with Gasteiger partial charge in [-0.25, -0.2) is 0 Å². The maximum Gasteiger partial charge on any atom is 0.120 e. The maximum atomic E-state index is 9.96. The van der Waals surface area contributed by atoms with E-state index < -0.39 is 0 Å². The van der Waals surface area contributed by atoms with Crippen molar-refractivity contribution in [3.05, 3.63) is 35.9 Å². The lowest BCUT2D eigenvalue weighted by Crippen LogP contribution is -2.26. The number of hydrogen-bond acceptors (Lipinski definition) is 3. The van der Waals surface area contributed by atoms with Crippen LogP contribution in [0.5, 0.6) is 0 Å². The summed E-state index contributed by atoms with van der Waals surface area (Å²) in [5, 5.41) is 3.35. The number of unbranched alkanes of at least 4 members (excludes halogenated alkanes) is 1. The quantitative estimate of drug-likeness (QED) is 0.633. The van der Waals surface area contributed by atoms with Gasteiger partial charge in [-0.05, 0) is 32.7 Å². The lowest BCUT2D eigenvalue weighted by molar-refractivity contribution is -0.108. The Hall–Kier alpha value is -1.19. The minimum Gasteiger partial charge on any atom is -0.380 e. The normalized spacial score (nSPS) is 17.6. The predicted molar refractivity (Wildman–Crippen MR) is 78.3 cm³/mol. The van der Waals surface area contributed by atoms with Crippen LogP contribution in [0.1, 0.15) is 31.2 Å². The molecule has 0 radical (unpaired) electrons. The third kappa shape index (κ3) is 8.51. The lowest BCUT2D eigenvalue weighted by atomic mass is 10.2. The Morgan fingerprint density at radius 2 is 2.16 bits per heavy atom. The van der Waals surface area contributed by atoms with E-state index in [0.29, 0.717) is 12.5 Å². The van der Waals surface area contributed by atoms with Crippen molar-refractivity contribution in [2.75, 3.05) is 19.8 Å². The van der Waals surface area contributed by atoms with Crippen LogP contribution >= 0.6 is 0 Å². The molecule has 1 fully saturated rings. The summed E-state index contributed by atoms with van der Waals surface area (Å²) in [5.41, 5.74) is 1.32. The van der Waals surface area contributed by atoms with Gasteiger partial charge in [0.2, 0.25) is 0 Å². The number of hydrogen-bond donors (Lipinski definition) is 1. The second-order valence-electron chi connectivity index (χ2n) is 4.83. The first-order valence-electron chi connectivity index (χ1n) is 7.09. The molecule has 0 bridgehead atoms. The first-order valence-corrected chi connectivity index (χ1v) is 7.09. The van der Waals surface area contributed by atoms with Crippen LogP contribution in [0, 0.1) is 6.92 Å². The molecule has 1 aromatic rings. The van der Waals surface area contributed by atoms with Crippen molar-refractivity contribution in [2.45, 2.75) is 38.6 Å². The van der Waals surface area contributed by atoms with Crippen molar-refractivity contribution in [2.24, 2.45) is 0 Å². The highest BCUT2D eigenvalue weighted by Gasteiger charge is 2.12. The Morgan fingerprint density at radius 3 is 2.68 bits per heavy atom. The van der Waals surface area contributed by atoms with Gasteiger partial charge in [-0.1, -0.05) is 35.9 Å². The van der Waals surface area contributed by atoms with E-state index in [0.717, 1.165) is 32.5 Å². The van der Waals surface area contributed by atoms with E-state index in [1.54, 1.807) is 0 Å². The minimum atomic E-state index is 0.557. The fourth-order valence-corrected chi connectivity index (χ4v) is 1.93. The predicted octanol–water partition coefficient (Wildman–Crippen LogP) is 2.73. The Labute approximate surface area is 116 Å². The van der Waals surface area contributed by atoms with Crippen LogP contribution in [0.4, 0.5) is 0 Å². The van der Waals surface area contributed by atoms with Crippen molar-refractivity contribution in [3.63, 3.8) is 0 Å². The molecule has 106 valence electrons. The molecule has 1 unspecified atom stereocenters. The van der Waals surface area contributed by atoms with Crippen LogP contribution in [0.2, 0.25) is 0 Å². The monoisotopic (exact) mass is 263 g/mol. The number of benzene rings is 1. The van der Waals surface area contributed by atoms with E-state index in [1.807, 2.05) is 18.2 Å². The van der Waals surface area contributed by atoms with Gasteiger partial charge >= 0.3 is 0 Å². The smallest absolute Gasteiger partial charge is 0.120 e.